The maximum Gasteiger partial charge on any atom is 0.305 e. The Kier molecular flexibility index (Phi) is 3.65. The quantitative estimate of drug-likeness (QED) is 0.857. The van der Waals surface area contributed by atoms with Gasteiger partial charge < -0.3 is 10.4 Å². The predicted molar refractivity (Wildman–Crippen MR) is 67.4 cm³/mol. The van der Waals surface area contributed by atoms with Crippen molar-refractivity contribution in [2.24, 2.45) is 0 Å². The highest BCUT2D eigenvalue weighted by Gasteiger charge is 2.37. The number of amides is 1. The minimum atomic E-state index is -0.856. The van der Waals surface area contributed by atoms with Crippen LogP contribution in [0.4, 0.5) is 0 Å². The molecule has 0 spiro atoms. The van der Waals surface area contributed by atoms with Crippen molar-refractivity contribution in [3.05, 3.63) is 35.9 Å². The summed E-state index contributed by atoms with van der Waals surface area (Å²) in [6.07, 6.45) is 3.45. The molecule has 4 heteroatoms. The molecule has 1 aromatic rings. The van der Waals surface area contributed by atoms with Crippen LogP contribution in [-0.4, -0.2) is 22.5 Å². The number of aliphatic carboxylic acids is 1. The van der Waals surface area contributed by atoms with E-state index in [2.05, 4.69) is 5.32 Å². The Balaban J connectivity index is 2.10. The first-order valence-electron chi connectivity index (χ1n) is 6.21. The predicted octanol–water partition coefficient (Wildman–Crippen LogP) is 2.20. The van der Waals surface area contributed by atoms with Gasteiger partial charge in [-0.25, -0.2) is 0 Å². The highest BCUT2D eigenvalue weighted by atomic mass is 16.4. The lowest BCUT2D eigenvalue weighted by atomic mass is 9.92. The monoisotopic (exact) mass is 247 g/mol. The van der Waals surface area contributed by atoms with Gasteiger partial charge in [-0.1, -0.05) is 31.0 Å². The molecule has 1 aliphatic rings. The molecule has 0 saturated heterocycles. The lowest BCUT2D eigenvalue weighted by Gasteiger charge is -2.28. The van der Waals surface area contributed by atoms with Gasteiger partial charge in [-0.15, -0.1) is 0 Å². The van der Waals surface area contributed by atoms with Crippen molar-refractivity contribution in [3.63, 3.8) is 0 Å². The standard InChI is InChI=1S/C14H17NO3/c16-12(17)10-14(8-4-5-9-14)15-13(18)11-6-2-1-3-7-11/h1-3,6-7H,4-5,8-10H2,(H,15,18)(H,16,17). The topological polar surface area (TPSA) is 66.4 Å². The van der Waals surface area contributed by atoms with Crippen LogP contribution in [0.2, 0.25) is 0 Å². The van der Waals surface area contributed by atoms with Crippen molar-refractivity contribution in [2.75, 3.05) is 0 Å². The Morgan fingerprint density at radius 1 is 1.17 bits per heavy atom. The van der Waals surface area contributed by atoms with E-state index < -0.39 is 11.5 Å². The number of carbonyl (C=O) groups excluding carboxylic acids is 1. The summed E-state index contributed by atoms with van der Waals surface area (Å²) in [6.45, 7) is 0. The Hall–Kier alpha value is -1.84. The molecule has 1 aliphatic carbocycles. The van der Waals surface area contributed by atoms with E-state index in [0.717, 1.165) is 25.7 Å². The van der Waals surface area contributed by atoms with Gasteiger partial charge in [0.1, 0.15) is 0 Å². The fraction of sp³-hybridized carbons (Fsp3) is 0.429. The zero-order chi connectivity index (χ0) is 13.0. The van der Waals surface area contributed by atoms with E-state index in [0.29, 0.717) is 5.56 Å². The number of nitrogens with one attached hydrogen (secondary N) is 1. The summed E-state index contributed by atoms with van der Waals surface area (Å²) >= 11 is 0. The van der Waals surface area contributed by atoms with Crippen LogP contribution in [0.15, 0.2) is 30.3 Å². The Morgan fingerprint density at radius 3 is 2.33 bits per heavy atom. The molecule has 4 nitrogen and oxygen atoms in total. The zero-order valence-electron chi connectivity index (χ0n) is 10.2. The number of rotatable bonds is 4. The van der Waals surface area contributed by atoms with E-state index in [1.165, 1.54) is 0 Å². The van der Waals surface area contributed by atoms with Crippen LogP contribution >= 0.6 is 0 Å². The van der Waals surface area contributed by atoms with Crippen molar-refractivity contribution in [1.82, 2.24) is 5.32 Å². The lowest BCUT2D eigenvalue weighted by molar-refractivity contribution is -0.138. The average Bonchev–Trinajstić information content (AvgIpc) is 2.77. The van der Waals surface area contributed by atoms with Crippen molar-refractivity contribution in [1.29, 1.82) is 0 Å². The van der Waals surface area contributed by atoms with Gasteiger partial charge in [0.2, 0.25) is 0 Å². The van der Waals surface area contributed by atoms with Crippen LogP contribution in [0.3, 0.4) is 0 Å². The normalized spacial score (nSPS) is 17.3. The SMILES string of the molecule is O=C(O)CC1(NC(=O)c2ccccc2)CCCC1. The molecule has 2 N–H and O–H groups in total. The summed E-state index contributed by atoms with van der Waals surface area (Å²) in [5, 5.41) is 11.9. The molecule has 0 heterocycles. The molecule has 0 bridgehead atoms. The van der Waals surface area contributed by atoms with Crippen molar-refractivity contribution >= 4 is 11.9 Å². The molecule has 0 unspecified atom stereocenters. The van der Waals surface area contributed by atoms with E-state index in [1.54, 1.807) is 24.3 Å². The summed E-state index contributed by atoms with van der Waals surface area (Å²) in [7, 11) is 0. The third kappa shape index (κ3) is 2.88. The molecular formula is C14H17NO3. The molecule has 1 amide bonds. The minimum absolute atomic E-state index is 0.00553. The molecule has 0 aromatic heterocycles. The first-order valence-corrected chi connectivity index (χ1v) is 6.21. The summed E-state index contributed by atoms with van der Waals surface area (Å²) in [6, 6.07) is 8.91. The molecule has 0 atom stereocenters. The maximum absolute atomic E-state index is 12.1. The lowest BCUT2D eigenvalue weighted by Crippen LogP contribution is -2.47. The highest BCUT2D eigenvalue weighted by molar-refractivity contribution is 5.95. The molecular weight excluding hydrogens is 230 g/mol. The van der Waals surface area contributed by atoms with Crippen LogP contribution in [0.5, 0.6) is 0 Å². The van der Waals surface area contributed by atoms with Crippen LogP contribution < -0.4 is 5.32 Å². The molecule has 96 valence electrons. The highest BCUT2D eigenvalue weighted by Crippen LogP contribution is 2.32. The number of hydrogen-bond donors (Lipinski definition) is 2. The summed E-state index contributed by atoms with van der Waals surface area (Å²) < 4.78 is 0. The van der Waals surface area contributed by atoms with Crippen molar-refractivity contribution in [2.45, 2.75) is 37.6 Å². The minimum Gasteiger partial charge on any atom is -0.481 e. The van der Waals surface area contributed by atoms with Crippen molar-refractivity contribution < 1.29 is 14.7 Å². The fourth-order valence-electron chi connectivity index (χ4n) is 2.59. The Labute approximate surface area is 106 Å². The second-order valence-corrected chi connectivity index (χ2v) is 4.88. The van der Waals surface area contributed by atoms with Crippen LogP contribution in [0.1, 0.15) is 42.5 Å². The van der Waals surface area contributed by atoms with Crippen LogP contribution in [0.25, 0.3) is 0 Å². The van der Waals surface area contributed by atoms with Gasteiger partial charge in [0, 0.05) is 5.56 Å². The molecule has 0 aliphatic heterocycles. The fourth-order valence-corrected chi connectivity index (χ4v) is 2.59. The van der Waals surface area contributed by atoms with E-state index in [1.807, 2.05) is 6.07 Å². The van der Waals surface area contributed by atoms with Gasteiger partial charge in [-0.2, -0.15) is 0 Å². The largest absolute Gasteiger partial charge is 0.481 e. The second-order valence-electron chi connectivity index (χ2n) is 4.88. The third-order valence-electron chi connectivity index (χ3n) is 3.46. The van der Waals surface area contributed by atoms with Gasteiger partial charge in [-0.05, 0) is 25.0 Å². The Morgan fingerprint density at radius 2 is 1.78 bits per heavy atom. The van der Waals surface area contributed by atoms with Gasteiger partial charge in [0.15, 0.2) is 0 Å². The first-order chi connectivity index (χ1) is 8.61. The molecule has 1 aromatic carbocycles. The summed E-state index contributed by atoms with van der Waals surface area (Å²) in [4.78, 5) is 23.0. The average molecular weight is 247 g/mol. The molecule has 18 heavy (non-hydrogen) atoms. The Bertz CT molecular complexity index is 436. The number of benzene rings is 1. The van der Waals surface area contributed by atoms with Gasteiger partial charge in [0.05, 0.1) is 12.0 Å². The van der Waals surface area contributed by atoms with E-state index in [4.69, 9.17) is 5.11 Å². The second kappa shape index (κ2) is 5.21. The summed E-state index contributed by atoms with van der Waals surface area (Å²) in [5.41, 5.74) is 0.0211. The number of carboxylic acids is 1. The number of hydrogen-bond acceptors (Lipinski definition) is 2. The zero-order valence-corrected chi connectivity index (χ0v) is 10.2. The molecule has 1 fully saturated rings. The van der Waals surface area contributed by atoms with E-state index >= 15 is 0 Å². The van der Waals surface area contributed by atoms with Gasteiger partial charge in [0.25, 0.3) is 5.91 Å². The van der Waals surface area contributed by atoms with E-state index in [9.17, 15) is 9.59 Å². The summed E-state index contributed by atoms with van der Waals surface area (Å²) in [5.74, 6) is -1.04. The van der Waals surface area contributed by atoms with Crippen LogP contribution in [-0.2, 0) is 4.79 Å². The number of carbonyl (C=O) groups is 2. The maximum atomic E-state index is 12.1. The smallest absolute Gasteiger partial charge is 0.305 e. The van der Waals surface area contributed by atoms with E-state index in [-0.39, 0.29) is 12.3 Å². The number of carboxylic acid groups (broad SMARTS) is 1. The third-order valence-corrected chi connectivity index (χ3v) is 3.46. The first kappa shape index (κ1) is 12.6. The molecule has 0 radical (unpaired) electrons. The van der Waals surface area contributed by atoms with Gasteiger partial charge >= 0.3 is 5.97 Å². The van der Waals surface area contributed by atoms with Gasteiger partial charge in [-0.3, -0.25) is 9.59 Å². The molecule has 2 rings (SSSR count). The van der Waals surface area contributed by atoms with Crippen LogP contribution in [0, 0.1) is 0 Å². The molecule has 1 saturated carbocycles. The van der Waals surface area contributed by atoms with Crippen molar-refractivity contribution in [3.8, 4) is 0 Å².